The van der Waals surface area contributed by atoms with Crippen molar-refractivity contribution in [2.75, 3.05) is 32.8 Å². The quantitative estimate of drug-likeness (QED) is 0.615. The number of tetrazole rings is 1. The molecule has 0 radical (unpaired) electrons. The second-order valence-electron chi connectivity index (χ2n) is 5.38. The maximum absolute atomic E-state index is 12.7. The van der Waals surface area contributed by atoms with Crippen molar-refractivity contribution in [2.45, 2.75) is 13.0 Å². The SMILES string of the molecule is COCCOC(=O)C1=C(C)Nc2nnnn2[C@H]1c1ccccc1OC. The van der Waals surface area contributed by atoms with Gasteiger partial charge in [-0.05, 0) is 23.4 Å². The van der Waals surface area contributed by atoms with Crippen molar-refractivity contribution in [1.29, 1.82) is 0 Å². The van der Waals surface area contributed by atoms with Crippen LogP contribution in [-0.4, -0.2) is 53.6 Å². The van der Waals surface area contributed by atoms with E-state index in [1.807, 2.05) is 24.3 Å². The molecule has 0 saturated carbocycles. The van der Waals surface area contributed by atoms with Gasteiger partial charge in [-0.3, -0.25) is 0 Å². The Bertz CT molecular complexity index is 801. The topological polar surface area (TPSA) is 100 Å². The monoisotopic (exact) mass is 345 g/mol. The van der Waals surface area contributed by atoms with E-state index >= 15 is 0 Å². The van der Waals surface area contributed by atoms with E-state index in [-0.39, 0.29) is 6.61 Å². The number of hydrogen-bond donors (Lipinski definition) is 1. The van der Waals surface area contributed by atoms with Gasteiger partial charge in [0.05, 0.1) is 19.3 Å². The highest BCUT2D eigenvalue weighted by molar-refractivity contribution is 5.92. The van der Waals surface area contributed by atoms with Crippen LogP contribution in [0.2, 0.25) is 0 Å². The van der Waals surface area contributed by atoms with Crippen LogP contribution in [0.25, 0.3) is 0 Å². The molecule has 2 aromatic rings. The Morgan fingerprint density at radius 1 is 1.28 bits per heavy atom. The normalized spacial score (nSPS) is 16.2. The smallest absolute Gasteiger partial charge is 0.338 e. The highest BCUT2D eigenvalue weighted by Crippen LogP contribution is 2.38. The number of rotatable bonds is 6. The molecule has 0 unspecified atom stereocenters. The third kappa shape index (κ3) is 3.18. The van der Waals surface area contributed by atoms with Crippen LogP contribution in [0.4, 0.5) is 5.95 Å². The number of anilines is 1. The van der Waals surface area contributed by atoms with E-state index in [0.29, 0.717) is 29.6 Å². The molecule has 3 rings (SSSR count). The fraction of sp³-hybridized carbons (Fsp3) is 0.375. The highest BCUT2D eigenvalue weighted by Gasteiger charge is 2.36. The van der Waals surface area contributed by atoms with Crippen molar-refractivity contribution in [3.05, 3.63) is 41.1 Å². The number of nitrogens with zero attached hydrogens (tertiary/aromatic N) is 4. The molecular weight excluding hydrogens is 326 g/mol. The van der Waals surface area contributed by atoms with Crippen LogP contribution in [0.15, 0.2) is 35.5 Å². The van der Waals surface area contributed by atoms with Crippen molar-refractivity contribution in [2.24, 2.45) is 0 Å². The number of nitrogens with one attached hydrogen (secondary N) is 1. The summed E-state index contributed by atoms with van der Waals surface area (Å²) in [5.41, 5.74) is 1.80. The molecule has 0 amide bonds. The summed E-state index contributed by atoms with van der Waals surface area (Å²) in [6.45, 7) is 2.27. The average molecular weight is 345 g/mol. The van der Waals surface area contributed by atoms with Gasteiger partial charge in [-0.25, -0.2) is 4.79 Å². The number of aromatic nitrogens is 4. The zero-order valence-corrected chi connectivity index (χ0v) is 14.2. The minimum Gasteiger partial charge on any atom is -0.496 e. The summed E-state index contributed by atoms with van der Waals surface area (Å²) in [5.74, 6) is 0.617. The van der Waals surface area contributed by atoms with Crippen LogP contribution in [-0.2, 0) is 14.3 Å². The Morgan fingerprint density at radius 3 is 2.84 bits per heavy atom. The summed E-state index contributed by atoms with van der Waals surface area (Å²) < 4.78 is 17.3. The Kier molecular flexibility index (Phi) is 4.94. The zero-order chi connectivity index (χ0) is 17.8. The van der Waals surface area contributed by atoms with E-state index < -0.39 is 12.0 Å². The van der Waals surface area contributed by atoms with E-state index in [1.165, 1.54) is 4.68 Å². The molecule has 9 heteroatoms. The summed E-state index contributed by atoms with van der Waals surface area (Å²) in [7, 11) is 3.12. The second kappa shape index (κ2) is 7.31. The molecule has 0 fully saturated rings. The number of carbonyl (C=O) groups excluding carboxylic acids is 1. The number of carbonyl (C=O) groups is 1. The standard InChI is InChI=1S/C16H19N5O4/c1-10-13(15(22)25-9-8-23-2)14(21-16(17-10)18-19-20-21)11-6-4-5-7-12(11)24-3/h4-7,14H,8-9H2,1-3H3,(H,17,18,20)/t14-/m0/s1. The van der Waals surface area contributed by atoms with Crippen molar-refractivity contribution in [1.82, 2.24) is 20.2 Å². The lowest BCUT2D eigenvalue weighted by Crippen LogP contribution is -2.30. The lowest BCUT2D eigenvalue weighted by molar-refractivity contribution is -0.140. The first kappa shape index (κ1) is 16.9. The molecule has 0 bridgehead atoms. The molecule has 1 aliphatic rings. The molecule has 2 heterocycles. The van der Waals surface area contributed by atoms with Gasteiger partial charge in [-0.2, -0.15) is 4.68 Å². The van der Waals surface area contributed by atoms with Gasteiger partial charge in [0, 0.05) is 18.4 Å². The number of methoxy groups -OCH3 is 2. The van der Waals surface area contributed by atoms with Gasteiger partial charge in [-0.1, -0.05) is 23.3 Å². The molecule has 25 heavy (non-hydrogen) atoms. The maximum Gasteiger partial charge on any atom is 0.338 e. The lowest BCUT2D eigenvalue weighted by Gasteiger charge is -2.28. The highest BCUT2D eigenvalue weighted by atomic mass is 16.6. The molecule has 132 valence electrons. The summed E-state index contributed by atoms with van der Waals surface area (Å²) in [5, 5.41) is 14.7. The second-order valence-corrected chi connectivity index (χ2v) is 5.38. The molecule has 0 spiro atoms. The summed E-state index contributed by atoms with van der Waals surface area (Å²) in [4.78, 5) is 12.7. The Morgan fingerprint density at radius 2 is 2.08 bits per heavy atom. The molecule has 1 aromatic carbocycles. The molecule has 9 nitrogen and oxygen atoms in total. The van der Waals surface area contributed by atoms with Gasteiger partial charge in [0.1, 0.15) is 18.4 Å². The number of ether oxygens (including phenoxy) is 3. The van der Waals surface area contributed by atoms with Crippen LogP contribution in [0.3, 0.4) is 0 Å². The zero-order valence-electron chi connectivity index (χ0n) is 14.2. The fourth-order valence-electron chi connectivity index (χ4n) is 2.75. The molecule has 1 aromatic heterocycles. The Hall–Kier alpha value is -2.94. The summed E-state index contributed by atoms with van der Waals surface area (Å²) in [6, 6.07) is 6.86. The van der Waals surface area contributed by atoms with Crippen LogP contribution < -0.4 is 10.1 Å². The average Bonchev–Trinajstić information content (AvgIpc) is 3.08. The fourth-order valence-corrected chi connectivity index (χ4v) is 2.75. The first-order valence-electron chi connectivity index (χ1n) is 7.72. The number of benzene rings is 1. The van der Waals surface area contributed by atoms with Gasteiger partial charge in [0.15, 0.2) is 0 Å². The van der Waals surface area contributed by atoms with E-state index in [9.17, 15) is 4.79 Å². The van der Waals surface area contributed by atoms with E-state index in [1.54, 1.807) is 21.1 Å². The van der Waals surface area contributed by atoms with Crippen molar-refractivity contribution >= 4 is 11.9 Å². The first-order chi connectivity index (χ1) is 12.2. The van der Waals surface area contributed by atoms with Crippen molar-refractivity contribution in [3.63, 3.8) is 0 Å². The maximum atomic E-state index is 12.7. The van der Waals surface area contributed by atoms with E-state index in [4.69, 9.17) is 14.2 Å². The predicted molar refractivity (Wildman–Crippen MR) is 88.1 cm³/mol. The third-order valence-electron chi connectivity index (χ3n) is 3.89. The number of fused-ring (bicyclic) bond motifs is 1. The van der Waals surface area contributed by atoms with Crippen LogP contribution in [0.5, 0.6) is 5.75 Å². The lowest BCUT2D eigenvalue weighted by atomic mass is 9.95. The third-order valence-corrected chi connectivity index (χ3v) is 3.89. The Balaban J connectivity index is 2.06. The van der Waals surface area contributed by atoms with E-state index in [2.05, 4.69) is 20.8 Å². The molecule has 1 N–H and O–H groups in total. The number of hydrogen-bond acceptors (Lipinski definition) is 8. The number of allylic oxidation sites excluding steroid dienone is 1. The van der Waals surface area contributed by atoms with Crippen molar-refractivity contribution < 1.29 is 19.0 Å². The van der Waals surface area contributed by atoms with Gasteiger partial charge < -0.3 is 19.5 Å². The molecular formula is C16H19N5O4. The first-order valence-corrected chi connectivity index (χ1v) is 7.72. The number of esters is 1. The molecule has 0 aliphatic carbocycles. The van der Waals surface area contributed by atoms with Crippen LogP contribution >= 0.6 is 0 Å². The molecule has 1 atom stereocenters. The molecule has 1 aliphatic heterocycles. The summed E-state index contributed by atoms with van der Waals surface area (Å²) in [6.07, 6.45) is 0. The summed E-state index contributed by atoms with van der Waals surface area (Å²) >= 11 is 0. The minimum absolute atomic E-state index is 0.160. The van der Waals surface area contributed by atoms with Gasteiger partial charge in [0.2, 0.25) is 5.95 Å². The van der Waals surface area contributed by atoms with E-state index in [0.717, 1.165) is 5.56 Å². The van der Waals surface area contributed by atoms with Gasteiger partial charge >= 0.3 is 5.97 Å². The Labute approximate surface area is 144 Å². The molecule has 0 saturated heterocycles. The largest absolute Gasteiger partial charge is 0.496 e. The minimum atomic E-state index is -0.558. The van der Waals surface area contributed by atoms with Crippen molar-refractivity contribution in [3.8, 4) is 5.75 Å². The van der Waals surface area contributed by atoms with Gasteiger partial charge in [0.25, 0.3) is 0 Å². The number of para-hydroxylation sites is 1. The van der Waals surface area contributed by atoms with Crippen LogP contribution in [0, 0.1) is 0 Å². The van der Waals surface area contributed by atoms with Crippen LogP contribution in [0.1, 0.15) is 18.5 Å². The van der Waals surface area contributed by atoms with Gasteiger partial charge in [-0.15, -0.1) is 0 Å². The predicted octanol–water partition coefficient (Wildman–Crippen LogP) is 1.16.